The van der Waals surface area contributed by atoms with Crippen LogP contribution in [0.4, 0.5) is 5.69 Å². The molecule has 1 atom stereocenters. The van der Waals surface area contributed by atoms with Crippen molar-refractivity contribution in [2.24, 2.45) is 5.92 Å². The molecule has 0 fully saturated rings. The highest BCUT2D eigenvalue weighted by Gasteiger charge is 2.13. The van der Waals surface area contributed by atoms with Gasteiger partial charge in [-0.05, 0) is 41.1 Å². The number of carbonyl (C=O) groups excluding carboxylic acids is 1. The largest absolute Gasteiger partial charge is 0.481 e. The summed E-state index contributed by atoms with van der Waals surface area (Å²) in [4.78, 5) is 22.9. The fourth-order valence-electron chi connectivity index (χ4n) is 3.54. The molecule has 0 aromatic heterocycles. The average molecular weight is 504 g/mol. The van der Waals surface area contributed by atoms with E-state index in [9.17, 15) is 18.0 Å². The van der Waals surface area contributed by atoms with E-state index in [0.717, 1.165) is 27.6 Å². The smallest absolute Gasteiger partial charge is 0.306 e. The van der Waals surface area contributed by atoms with Crippen molar-refractivity contribution in [1.82, 2.24) is 0 Å². The van der Waals surface area contributed by atoms with Crippen LogP contribution in [0, 0.1) is 5.92 Å². The third-order valence-corrected chi connectivity index (χ3v) is 6.81. The molecule has 7 heteroatoms. The van der Waals surface area contributed by atoms with Crippen LogP contribution in [0.15, 0.2) is 102 Å². The Hall–Kier alpha value is -3.97. The minimum atomic E-state index is -3.10. The Morgan fingerprint density at radius 3 is 2.03 bits per heavy atom. The molecule has 6 nitrogen and oxygen atoms in total. The predicted octanol–water partition coefficient (Wildman–Crippen LogP) is 6.04. The Morgan fingerprint density at radius 2 is 1.39 bits per heavy atom. The van der Waals surface area contributed by atoms with Crippen LogP contribution in [0.25, 0.3) is 21.9 Å². The van der Waals surface area contributed by atoms with Gasteiger partial charge in [0.1, 0.15) is 0 Å². The van der Waals surface area contributed by atoms with Crippen LogP contribution in [0.2, 0.25) is 0 Å². The number of fused-ring (bicyclic) bond motifs is 1. The summed E-state index contributed by atoms with van der Waals surface area (Å²) in [5.41, 5.74) is 2.87. The lowest BCUT2D eigenvalue weighted by atomic mass is 10.1. The van der Waals surface area contributed by atoms with Crippen LogP contribution >= 0.6 is 0 Å². The third kappa shape index (κ3) is 7.52. The molecule has 2 N–H and O–H groups in total. The summed E-state index contributed by atoms with van der Waals surface area (Å²) >= 11 is 0. The highest BCUT2D eigenvalue weighted by atomic mass is 32.2. The number of hydrogen-bond acceptors (Lipinski definition) is 4. The molecule has 36 heavy (non-hydrogen) atoms. The second-order valence-electron chi connectivity index (χ2n) is 8.52. The lowest BCUT2D eigenvalue weighted by Crippen LogP contribution is -2.16. The molecule has 0 unspecified atom stereocenters. The van der Waals surface area contributed by atoms with Gasteiger partial charge in [-0.2, -0.15) is 0 Å². The van der Waals surface area contributed by atoms with E-state index in [1.54, 1.807) is 19.1 Å². The van der Waals surface area contributed by atoms with Crippen molar-refractivity contribution in [2.45, 2.75) is 24.7 Å². The molecule has 0 aliphatic carbocycles. The first kappa shape index (κ1) is 26.6. The maximum absolute atomic E-state index is 11.9. The van der Waals surface area contributed by atoms with Gasteiger partial charge in [-0.3, -0.25) is 9.59 Å². The Balaban J connectivity index is 0.000000205. The lowest BCUT2D eigenvalue weighted by molar-refractivity contribution is -0.141. The first-order valence-corrected chi connectivity index (χ1v) is 13.4. The number of carbonyl (C=O) groups is 2. The number of amides is 1. The van der Waals surface area contributed by atoms with Gasteiger partial charge < -0.3 is 10.4 Å². The first-order valence-electron chi connectivity index (χ1n) is 11.5. The van der Waals surface area contributed by atoms with Crippen molar-refractivity contribution < 1.29 is 23.1 Å². The molecule has 4 rings (SSSR count). The molecule has 0 aliphatic rings. The zero-order valence-corrected chi connectivity index (χ0v) is 21.0. The lowest BCUT2D eigenvalue weighted by Gasteiger charge is -2.09. The number of aliphatic carboxylic acids is 1. The van der Waals surface area contributed by atoms with Crippen LogP contribution in [-0.4, -0.2) is 31.7 Å². The van der Waals surface area contributed by atoms with Crippen molar-refractivity contribution in [2.75, 3.05) is 11.6 Å². The van der Waals surface area contributed by atoms with Gasteiger partial charge in [0.25, 0.3) is 0 Å². The number of carboxylic acids is 1. The van der Waals surface area contributed by atoms with E-state index in [4.69, 9.17) is 5.11 Å². The monoisotopic (exact) mass is 503 g/mol. The normalized spacial score (nSPS) is 11.7. The van der Waals surface area contributed by atoms with E-state index >= 15 is 0 Å². The number of benzene rings is 4. The fourth-order valence-corrected chi connectivity index (χ4v) is 4.17. The van der Waals surface area contributed by atoms with Gasteiger partial charge in [-0.1, -0.05) is 85.8 Å². The Labute approximate surface area is 211 Å². The number of nitrogens with one attached hydrogen (secondary N) is 1. The average Bonchev–Trinajstić information content (AvgIpc) is 2.88. The van der Waals surface area contributed by atoms with Crippen LogP contribution in [0.5, 0.6) is 0 Å². The number of sulfone groups is 1. The molecule has 0 saturated carbocycles. The van der Waals surface area contributed by atoms with Crippen LogP contribution in [-0.2, 0) is 19.4 Å². The maximum atomic E-state index is 11.9. The quantitative estimate of drug-likeness (QED) is 0.320. The second kappa shape index (κ2) is 12.1. The summed E-state index contributed by atoms with van der Waals surface area (Å²) in [6.45, 7) is 1.60. The van der Waals surface area contributed by atoms with E-state index in [1.807, 2.05) is 84.9 Å². The van der Waals surface area contributed by atoms with Gasteiger partial charge in [0.15, 0.2) is 9.84 Å². The van der Waals surface area contributed by atoms with Crippen molar-refractivity contribution >= 4 is 38.2 Å². The minimum Gasteiger partial charge on any atom is -0.481 e. The first-order chi connectivity index (χ1) is 17.1. The summed E-state index contributed by atoms with van der Waals surface area (Å²) in [6, 6.07) is 30.3. The van der Waals surface area contributed by atoms with Gasteiger partial charge in [0, 0.05) is 23.8 Å². The summed E-state index contributed by atoms with van der Waals surface area (Å²) in [7, 11) is -3.10. The summed E-state index contributed by atoms with van der Waals surface area (Å²) < 4.78 is 22.6. The van der Waals surface area contributed by atoms with E-state index in [2.05, 4.69) is 5.32 Å². The van der Waals surface area contributed by atoms with Crippen molar-refractivity contribution in [3.8, 4) is 11.1 Å². The SMILES string of the molecule is CS(=O)(=O)c1ccc(-c2ccccc2)cc1.C[C@@H](CCC(=O)Nc1cccc2ccccc12)C(=O)O. The maximum Gasteiger partial charge on any atom is 0.306 e. The van der Waals surface area contributed by atoms with Crippen LogP contribution in [0.3, 0.4) is 0 Å². The molecular weight excluding hydrogens is 474 g/mol. The Kier molecular flexibility index (Phi) is 8.97. The number of carboxylic acid groups (broad SMARTS) is 1. The summed E-state index contributed by atoms with van der Waals surface area (Å²) in [5.74, 6) is -1.54. The zero-order valence-electron chi connectivity index (χ0n) is 20.2. The summed E-state index contributed by atoms with van der Waals surface area (Å²) in [5, 5.41) is 13.7. The van der Waals surface area contributed by atoms with Gasteiger partial charge in [0.05, 0.1) is 10.8 Å². The highest BCUT2D eigenvalue weighted by Crippen LogP contribution is 2.23. The fraction of sp³-hybridized carbons (Fsp3) is 0.172. The topological polar surface area (TPSA) is 101 Å². The zero-order chi connectivity index (χ0) is 26.1. The molecule has 4 aromatic rings. The van der Waals surface area contributed by atoms with Crippen LogP contribution in [0.1, 0.15) is 19.8 Å². The standard InChI is InChI=1S/C16H17NO3.C13H12O2S/c1-11(16(19)20)9-10-15(18)17-14-8-4-6-12-5-2-3-7-13(12)14;1-16(14,15)13-9-7-12(8-10-13)11-5-3-2-4-6-11/h2-8,11H,9-10H2,1H3,(H,17,18)(H,19,20);2-10H,1H3/t11-;/m0./s1. The molecule has 0 bridgehead atoms. The van der Waals surface area contributed by atoms with Crippen LogP contribution < -0.4 is 5.32 Å². The van der Waals surface area contributed by atoms with E-state index < -0.39 is 21.7 Å². The summed E-state index contributed by atoms with van der Waals surface area (Å²) in [6.07, 6.45) is 1.76. The molecule has 0 aliphatic heterocycles. The van der Waals surface area contributed by atoms with Gasteiger partial charge in [-0.25, -0.2) is 8.42 Å². The second-order valence-corrected chi connectivity index (χ2v) is 10.5. The van der Waals surface area contributed by atoms with Gasteiger partial charge in [0.2, 0.25) is 5.91 Å². The van der Waals surface area contributed by atoms with Crippen molar-refractivity contribution in [1.29, 1.82) is 0 Å². The molecule has 0 radical (unpaired) electrons. The number of rotatable bonds is 7. The predicted molar refractivity (Wildman–Crippen MR) is 144 cm³/mol. The molecule has 0 spiro atoms. The van der Waals surface area contributed by atoms with Gasteiger partial charge in [-0.15, -0.1) is 0 Å². The number of anilines is 1. The van der Waals surface area contributed by atoms with Crippen molar-refractivity contribution in [3.63, 3.8) is 0 Å². The van der Waals surface area contributed by atoms with Gasteiger partial charge >= 0.3 is 5.97 Å². The Bertz CT molecular complexity index is 1430. The Morgan fingerprint density at radius 1 is 0.806 bits per heavy atom. The molecule has 0 saturated heterocycles. The van der Waals surface area contributed by atoms with E-state index in [1.165, 1.54) is 6.26 Å². The van der Waals surface area contributed by atoms with E-state index in [0.29, 0.717) is 11.3 Å². The highest BCUT2D eigenvalue weighted by molar-refractivity contribution is 7.90. The number of hydrogen-bond donors (Lipinski definition) is 2. The molecule has 186 valence electrons. The molecule has 1 amide bonds. The molecule has 0 heterocycles. The third-order valence-electron chi connectivity index (χ3n) is 5.68. The van der Waals surface area contributed by atoms with E-state index in [-0.39, 0.29) is 12.3 Å². The molecular formula is C29H29NO5S. The molecule has 4 aromatic carbocycles. The minimum absolute atomic E-state index is 0.158. The van der Waals surface area contributed by atoms with Crippen molar-refractivity contribution in [3.05, 3.63) is 97.1 Å².